The molecule has 4 heteroatoms. The van der Waals surface area contributed by atoms with Crippen molar-refractivity contribution in [1.82, 2.24) is 0 Å². The van der Waals surface area contributed by atoms with Crippen molar-refractivity contribution in [2.24, 2.45) is 5.92 Å². The molecular formula is C11H11F3O. The van der Waals surface area contributed by atoms with Crippen LogP contribution in [0.3, 0.4) is 0 Å². The largest absolute Gasteiger partial charge is 0.416 e. The molecule has 0 aliphatic heterocycles. The summed E-state index contributed by atoms with van der Waals surface area (Å²) in [5.74, 6) is -0.165. The molecule has 15 heavy (non-hydrogen) atoms. The highest BCUT2D eigenvalue weighted by Crippen LogP contribution is 2.29. The topological polar surface area (TPSA) is 17.1 Å². The van der Waals surface area contributed by atoms with Gasteiger partial charge in [-0.3, -0.25) is 0 Å². The van der Waals surface area contributed by atoms with Gasteiger partial charge in [-0.05, 0) is 24.1 Å². The zero-order valence-corrected chi connectivity index (χ0v) is 8.21. The van der Waals surface area contributed by atoms with Crippen molar-refractivity contribution in [2.45, 2.75) is 19.5 Å². The summed E-state index contributed by atoms with van der Waals surface area (Å²) < 4.78 is 36.6. The molecule has 0 N–H and O–H groups in total. The number of alkyl halides is 3. The van der Waals surface area contributed by atoms with Crippen LogP contribution in [0.15, 0.2) is 24.3 Å². The normalized spacial score (nSPS) is 13.6. The molecule has 1 atom stereocenters. The first-order valence-corrected chi connectivity index (χ1v) is 4.55. The van der Waals surface area contributed by atoms with Crippen LogP contribution in [-0.4, -0.2) is 6.29 Å². The smallest absolute Gasteiger partial charge is 0.303 e. The Hall–Kier alpha value is -1.32. The highest BCUT2D eigenvalue weighted by Gasteiger charge is 2.29. The summed E-state index contributed by atoms with van der Waals surface area (Å²) in [6.45, 7) is 1.73. The Morgan fingerprint density at radius 3 is 2.20 bits per heavy atom. The lowest BCUT2D eigenvalue weighted by atomic mass is 10.0. The van der Waals surface area contributed by atoms with Crippen LogP contribution in [0.25, 0.3) is 0 Å². The molecule has 1 aromatic carbocycles. The highest BCUT2D eigenvalue weighted by atomic mass is 19.4. The predicted octanol–water partition coefficient (Wildman–Crippen LogP) is 3.08. The van der Waals surface area contributed by atoms with Crippen LogP contribution in [-0.2, 0) is 17.4 Å². The van der Waals surface area contributed by atoms with E-state index in [1.165, 1.54) is 12.1 Å². The minimum Gasteiger partial charge on any atom is -0.303 e. The van der Waals surface area contributed by atoms with Gasteiger partial charge in [-0.25, -0.2) is 0 Å². The Morgan fingerprint density at radius 2 is 1.80 bits per heavy atom. The van der Waals surface area contributed by atoms with Crippen molar-refractivity contribution in [2.75, 3.05) is 0 Å². The first-order chi connectivity index (χ1) is 6.93. The van der Waals surface area contributed by atoms with E-state index in [2.05, 4.69) is 0 Å². The van der Waals surface area contributed by atoms with E-state index in [0.717, 1.165) is 24.0 Å². The van der Waals surface area contributed by atoms with Crippen molar-refractivity contribution in [1.29, 1.82) is 0 Å². The number of carbonyl (C=O) groups is 1. The van der Waals surface area contributed by atoms with Crippen LogP contribution in [0.4, 0.5) is 13.2 Å². The molecule has 82 valence electrons. The molecule has 0 fully saturated rings. The monoisotopic (exact) mass is 216 g/mol. The zero-order chi connectivity index (χ0) is 11.5. The zero-order valence-electron chi connectivity index (χ0n) is 8.21. The van der Waals surface area contributed by atoms with Crippen LogP contribution < -0.4 is 0 Å². The molecule has 1 rings (SSSR count). The average Bonchev–Trinajstić information content (AvgIpc) is 2.17. The fourth-order valence-corrected chi connectivity index (χ4v) is 1.25. The minimum atomic E-state index is -4.30. The van der Waals surface area contributed by atoms with Crippen molar-refractivity contribution in [3.63, 3.8) is 0 Å². The van der Waals surface area contributed by atoms with Gasteiger partial charge < -0.3 is 4.79 Å². The summed E-state index contributed by atoms with van der Waals surface area (Å²) in [6, 6.07) is 4.88. The first-order valence-electron chi connectivity index (χ1n) is 4.55. The van der Waals surface area contributed by atoms with E-state index in [1.54, 1.807) is 6.92 Å². The van der Waals surface area contributed by atoms with Gasteiger partial charge in [0.1, 0.15) is 6.29 Å². The van der Waals surface area contributed by atoms with E-state index < -0.39 is 11.7 Å². The highest BCUT2D eigenvalue weighted by molar-refractivity contribution is 5.53. The maximum atomic E-state index is 12.2. The number of hydrogen-bond donors (Lipinski definition) is 0. The van der Waals surface area contributed by atoms with Gasteiger partial charge in [0.05, 0.1) is 5.56 Å². The van der Waals surface area contributed by atoms with E-state index >= 15 is 0 Å². The second-order valence-corrected chi connectivity index (χ2v) is 3.51. The standard InChI is InChI=1S/C11H11F3O/c1-8(7-15)6-9-2-4-10(5-3-9)11(12,13)14/h2-5,7-8H,6H2,1H3/t8-/m0/s1. The van der Waals surface area contributed by atoms with Crippen molar-refractivity contribution in [3.8, 4) is 0 Å². The molecule has 0 aliphatic carbocycles. The number of benzene rings is 1. The maximum absolute atomic E-state index is 12.2. The molecule has 0 unspecified atom stereocenters. The fraction of sp³-hybridized carbons (Fsp3) is 0.364. The van der Waals surface area contributed by atoms with E-state index in [0.29, 0.717) is 6.42 Å². The summed E-state index contributed by atoms with van der Waals surface area (Å²) in [6.07, 6.45) is -3.03. The Bertz CT molecular complexity index is 327. The van der Waals surface area contributed by atoms with Gasteiger partial charge in [0.2, 0.25) is 0 Å². The molecular weight excluding hydrogens is 205 g/mol. The van der Waals surface area contributed by atoms with Gasteiger partial charge in [0, 0.05) is 5.92 Å². The number of rotatable bonds is 3. The molecule has 0 heterocycles. The Kier molecular flexibility index (Phi) is 3.50. The summed E-state index contributed by atoms with van der Waals surface area (Å²) in [7, 11) is 0. The molecule has 0 saturated heterocycles. The van der Waals surface area contributed by atoms with Gasteiger partial charge in [0.25, 0.3) is 0 Å². The quantitative estimate of drug-likeness (QED) is 0.709. The third-order valence-corrected chi connectivity index (χ3v) is 2.07. The molecule has 0 bridgehead atoms. The van der Waals surface area contributed by atoms with Gasteiger partial charge in [-0.2, -0.15) is 13.2 Å². The lowest BCUT2D eigenvalue weighted by Crippen LogP contribution is -2.05. The van der Waals surface area contributed by atoms with Gasteiger partial charge in [-0.15, -0.1) is 0 Å². The Labute approximate surface area is 85.9 Å². The predicted molar refractivity (Wildman–Crippen MR) is 50.4 cm³/mol. The van der Waals surface area contributed by atoms with E-state index in [4.69, 9.17) is 0 Å². The molecule has 0 aliphatic rings. The van der Waals surface area contributed by atoms with Gasteiger partial charge >= 0.3 is 6.18 Å². The summed E-state index contributed by atoms with van der Waals surface area (Å²) in [5.41, 5.74) is 0.0765. The Balaban J connectivity index is 2.77. The Morgan fingerprint density at radius 1 is 1.27 bits per heavy atom. The SMILES string of the molecule is C[C@H](C=O)Cc1ccc(C(F)(F)F)cc1. The summed E-state index contributed by atoms with van der Waals surface area (Å²) in [4.78, 5) is 10.4. The summed E-state index contributed by atoms with van der Waals surface area (Å²) >= 11 is 0. The van der Waals surface area contributed by atoms with Crippen LogP contribution in [0.5, 0.6) is 0 Å². The number of halogens is 3. The second kappa shape index (κ2) is 4.47. The third kappa shape index (κ3) is 3.38. The van der Waals surface area contributed by atoms with Crippen LogP contribution in [0.2, 0.25) is 0 Å². The molecule has 0 aromatic heterocycles. The van der Waals surface area contributed by atoms with E-state index in [-0.39, 0.29) is 5.92 Å². The molecule has 0 spiro atoms. The fourth-order valence-electron chi connectivity index (χ4n) is 1.25. The maximum Gasteiger partial charge on any atom is 0.416 e. The lowest BCUT2D eigenvalue weighted by molar-refractivity contribution is -0.137. The van der Waals surface area contributed by atoms with E-state index in [1.807, 2.05) is 0 Å². The average molecular weight is 216 g/mol. The summed E-state index contributed by atoms with van der Waals surface area (Å²) in [5, 5.41) is 0. The van der Waals surface area contributed by atoms with Crippen molar-refractivity contribution >= 4 is 6.29 Å². The molecule has 0 saturated carbocycles. The van der Waals surface area contributed by atoms with Crippen LogP contribution >= 0.6 is 0 Å². The molecule has 1 aromatic rings. The van der Waals surface area contributed by atoms with E-state index in [9.17, 15) is 18.0 Å². The minimum absolute atomic E-state index is 0.165. The van der Waals surface area contributed by atoms with Gasteiger partial charge in [-0.1, -0.05) is 19.1 Å². The molecule has 0 amide bonds. The third-order valence-electron chi connectivity index (χ3n) is 2.07. The number of carbonyl (C=O) groups excluding carboxylic acids is 1. The first kappa shape index (κ1) is 11.8. The second-order valence-electron chi connectivity index (χ2n) is 3.51. The van der Waals surface area contributed by atoms with Crippen molar-refractivity contribution in [3.05, 3.63) is 35.4 Å². The van der Waals surface area contributed by atoms with Gasteiger partial charge in [0.15, 0.2) is 0 Å². The number of hydrogen-bond acceptors (Lipinski definition) is 1. The van der Waals surface area contributed by atoms with Crippen LogP contribution in [0, 0.1) is 5.92 Å². The van der Waals surface area contributed by atoms with Crippen molar-refractivity contribution < 1.29 is 18.0 Å². The number of aldehydes is 1. The van der Waals surface area contributed by atoms with Crippen LogP contribution in [0.1, 0.15) is 18.1 Å². The lowest BCUT2D eigenvalue weighted by Gasteiger charge is -2.08. The molecule has 1 nitrogen and oxygen atoms in total. The molecule has 0 radical (unpaired) electrons.